The summed E-state index contributed by atoms with van der Waals surface area (Å²) in [5, 5.41) is 0.946. The standard InChI is InChI=1S/C20H16N2O3/c1-12-14-7-3-4-8-15(14)21-13(2)19(12)20(23)24-11-18-22-16-9-5-6-10-17(16)25-18/h3-10H,11H2,1-2H3. The van der Waals surface area contributed by atoms with E-state index in [4.69, 9.17) is 9.15 Å². The topological polar surface area (TPSA) is 65.2 Å². The molecule has 0 aliphatic heterocycles. The number of oxazole rings is 1. The molecule has 0 bridgehead atoms. The van der Waals surface area contributed by atoms with Crippen LogP contribution in [0.2, 0.25) is 0 Å². The molecule has 0 radical (unpaired) electrons. The Hall–Kier alpha value is -3.21. The summed E-state index contributed by atoms with van der Waals surface area (Å²) in [6, 6.07) is 15.2. The van der Waals surface area contributed by atoms with E-state index in [9.17, 15) is 4.79 Å². The van der Waals surface area contributed by atoms with Gasteiger partial charge in [-0.2, -0.15) is 0 Å². The van der Waals surface area contributed by atoms with Crippen molar-refractivity contribution in [1.82, 2.24) is 9.97 Å². The van der Waals surface area contributed by atoms with E-state index >= 15 is 0 Å². The zero-order chi connectivity index (χ0) is 17.4. The van der Waals surface area contributed by atoms with Crippen LogP contribution < -0.4 is 0 Å². The summed E-state index contributed by atoms with van der Waals surface area (Å²) < 4.78 is 11.0. The van der Waals surface area contributed by atoms with Gasteiger partial charge >= 0.3 is 5.97 Å². The number of hydrogen-bond acceptors (Lipinski definition) is 5. The quantitative estimate of drug-likeness (QED) is 0.522. The number of esters is 1. The lowest BCUT2D eigenvalue weighted by atomic mass is 10.0. The van der Waals surface area contributed by atoms with Crippen LogP contribution in [0.3, 0.4) is 0 Å². The number of carbonyl (C=O) groups is 1. The SMILES string of the molecule is Cc1nc2ccccc2c(C)c1C(=O)OCc1nc2ccccc2o1. The molecule has 0 amide bonds. The van der Waals surface area contributed by atoms with Crippen molar-refractivity contribution >= 4 is 28.0 Å². The molecule has 25 heavy (non-hydrogen) atoms. The van der Waals surface area contributed by atoms with Crippen LogP contribution in [0.5, 0.6) is 0 Å². The smallest absolute Gasteiger partial charge is 0.340 e. The van der Waals surface area contributed by atoms with E-state index < -0.39 is 5.97 Å². The summed E-state index contributed by atoms with van der Waals surface area (Å²) in [5.41, 5.74) is 4.30. The lowest BCUT2D eigenvalue weighted by molar-refractivity contribution is 0.0438. The van der Waals surface area contributed by atoms with Crippen molar-refractivity contribution in [3.8, 4) is 0 Å². The van der Waals surface area contributed by atoms with Gasteiger partial charge in [0.05, 0.1) is 16.8 Å². The summed E-state index contributed by atoms with van der Waals surface area (Å²) in [6.45, 7) is 3.71. The summed E-state index contributed by atoms with van der Waals surface area (Å²) in [6.07, 6.45) is 0. The molecule has 0 saturated carbocycles. The van der Waals surface area contributed by atoms with Gasteiger partial charge in [-0.05, 0) is 37.6 Å². The molecule has 0 aliphatic carbocycles. The second kappa shape index (κ2) is 6.02. The lowest BCUT2D eigenvalue weighted by Crippen LogP contribution is -2.11. The van der Waals surface area contributed by atoms with Gasteiger partial charge in [0.2, 0.25) is 5.89 Å². The molecule has 0 unspecified atom stereocenters. The number of para-hydroxylation sites is 3. The fourth-order valence-corrected chi connectivity index (χ4v) is 3.01. The number of fused-ring (bicyclic) bond motifs is 2. The van der Waals surface area contributed by atoms with Gasteiger partial charge < -0.3 is 9.15 Å². The van der Waals surface area contributed by atoms with Crippen LogP contribution in [-0.2, 0) is 11.3 Å². The van der Waals surface area contributed by atoms with Crippen molar-refractivity contribution in [2.45, 2.75) is 20.5 Å². The van der Waals surface area contributed by atoms with Crippen LogP contribution in [0.25, 0.3) is 22.0 Å². The zero-order valence-electron chi connectivity index (χ0n) is 13.9. The normalized spacial score (nSPS) is 11.1. The molecule has 0 fully saturated rings. The average Bonchev–Trinajstić information content (AvgIpc) is 3.03. The Labute approximate surface area is 144 Å². The molecule has 5 nitrogen and oxygen atoms in total. The number of pyridine rings is 1. The fraction of sp³-hybridized carbons (Fsp3) is 0.150. The molecule has 2 aromatic heterocycles. The maximum Gasteiger partial charge on any atom is 0.340 e. The number of rotatable bonds is 3. The third-order valence-electron chi connectivity index (χ3n) is 4.20. The Morgan fingerprint density at radius 1 is 1.00 bits per heavy atom. The maximum absolute atomic E-state index is 12.6. The average molecular weight is 332 g/mol. The molecule has 0 N–H and O–H groups in total. The second-order valence-corrected chi connectivity index (χ2v) is 5.87. The van der Waals surface area contributed by atoms with E-state index in [1.807, 2.05) is 62.4 Å². The first-order chi connectivity index (χ1) is 12.1. The van der Waals surface area contributed by atoms with Gasteiger partial charge in [0.25, 0.3) is 0 Å². The summed E-state index contributed by atoms with van der Waals surface area (Å²) in [5.74, 6) is -0.0471. The third-order valence-corrected chi connectivity index (χ3v) is 4.20. The Balaban J connectivity index is 1.61. The van der Waals surface area contributed by atoms with E-state index in [1.165, 1.54) is 0 Å². The number of ether oxygens (including phenoxy) is 1. The molecule has 0 atom stereocenters. The van der Waals surface area contributed by atoms with Gasteiger partial charge in [-0.15, -0.1) is 0 Å². The van der Waals surface area contributed by atoms with Gasteiger partial charge in [-0.3, -0.25) is 4.98 Å². The van der Waals surface area contributed by atoms with Crippen LogP contribution in [-0.4, -0.2) is 15.9 Å². The van der Waals surface area contributed by atoms with Crippen LogP contribution in [0.4, 0.5) is 0 Å². The number of benzene rings is 2. The third kappa shape index (κ3) is 2.74. The Morgan fingerprint density at radius 2 is 1.72 bits per heavy atom. The Kier molecular flexibility index (Phi) is 3.69. The number of nitrogens with zero attached hydrogens (tertiary/aromatic N) is 2. The minimum Gasteiger partial charge on any atom is -0.452 e. The van der Waals surface area contributed by atoms with Crippen molar-refractivity contribution in [1.29, 1.82) is 0 Å². The number of aromatic nitrogens is 2. The van der Waals surface area contributed by atoms with E-state index in [0.29, 0.717) is 22.7 Å². The van der Waals surface area contributed by atoms with Gasteiger partial charge in [-0.1, -0.05) is 30.3 Å². The van der Waals surface area contributed by atoms with E-state index in [1.54, 1.807) is 0 Å². The lowest BCUT2D eigenvalue weighted by Gasteiger charge is -2.11. The van der Waals surface area contributed by atoms with Crippen molar-refractivity contribution in [2.75, 3.05) is 0 Å². The highest BCUT2D eigenvalue weighted by molar-refractivity contribution is 5.98. The number of hydrogen-bond donors (Lipinski definition) is 0. The molecular formula is C20H16N2O3. The zero-order valence-corrected chi connectivity index (χ0v) is 13.9. The van der Waals surface area contributed by atoms with Crippen molar-refractivity contribution in [3.05, 3.63) is 71.2 Å². The highest BCUT2D eigenvalue weighted by Crippen LogP contribution is 2.23. The highest BCUT2D eigenvalue weighted by atomic mass is 16.5. The van der Waals surface area contributed by atoms with Crippen molar-refractivity contribution < 1.29 is 13.9 Å². The summed E-state index contributed by atoms with van der Waals surface area (Å²) in [7, 11) is 0. The predicted octanol–water partition coefficient (Wildman–Crippen LogP) is 4.35. The molecule has 5 heteroatoms. The molecule has 0 saturated heterocycles. The van der Waals surface area contributed by atoms with Crippen LogP contribution in [0, 0.1) is 13.8 Å². The molecule has 0 spiro atoms. The largest absolute Gasteiger partial charge is 0.452 e. The first-order valence-corrected chi connectivity index (χ1v) is 8.01. The number of aryl methyl sites for hydroxylation is 2. The minimum absolute atomic E-state index is 0.0147. The van der Waals surface area contributed by atoms with E-state index in [0.717, 1.165) is 22.0 Å². The van der Waals surface area contributed by atoms with E-state index in [2.05, 4.69) is 9.97 Å². The molecule has 2 aromatic carbocycles. The van der Waals surface area contributed by atoms with Crippen LogP contribution in [0.15, 0.2) is 52.9 Å². The van der Waals surface area contributed by atoms with Crippen LogP contribution >= 0.6 is 0 Å². The minimum atomic E-state index is -0.421. The Morgan fingerprint density at radius 3 is 2.52 bits per heavy atom. The number of carbonyl (C=O) groups excluding carboxylic acids is 1. The van der Waals surface area contributed by atoms with Gasteiger partial charge in [0.15, 0.2) is 12.2 Å². The van der Waals surface area contributed by atoms with Crippen molar-refractivity contribution in [3.63, 3.8) is 0 Å². The maximum atomic E-state index is 12.6. The summed E-state index contributed by atoms with van der Waals surface area (Å²) in [4.78, 5) is 21.4. The van der Waals surface area contributed by atoms with Gasteiger partial charge in [0.1, 0.15) is 5.52 Å². The molecule has 0 aliphatic rings. The fourth-order valence-electron chi connectivity index (χ4n) is 3.01. The first-order valence-electron chi connectivity index (χ1n) is 8.01. The first kappa shape index (κ1) is 15.3. The monoisotopic (exact) mass is 332 g/mol. The van der Waals surface area contributed by atoms with Crippen molar-refractivity contribution in [2.24, 2.45) is 0 Å². The van der Waals surface area contributed by atoms with Crippen LogP contribution in [0.1, 0.15) is 27.5 Å². The Bertz CT molecular complexity index is 1070. The molecule has 4 rings (SSSR count). The highest BCUT2D eigenvalue weighted by Gasteiger charge is 2.18. The second-order valence-electron chi connectivity index (χ2n) is 5.87. The van der Waals surface area contributed by atoms with Gasteiger partial charge in [0, 0.05) is 5.39 Å². The summed E-state index contributed by atoms with van der Waals surface area (Å²) >= 11 is 0. The van der Waals surface area contributed by atoms with E-state index in [-0.39, 0.29) is 6.61 Å². The molecule has 4 aromatic rings. The predicted molar refractivity (Wildman–Crippen MR) is 94.3 cm³/mol. The molecular weight excluding hydrogens is 316 g/mol. The molecule has 124 valence electrons. The molecule has 2 heterocycles. The van der Waals surface area contributed by atoms with Gasteiger partial charge in [-0.25, -0.2) is 9.78 Å².